The van der Waals surface area contributed by atoms with Gasteiger partial charge in [0.05, 0.1) is 6.54 Å². The summed E-state index contributed by atoms with van der Waals surface area (Å²) in [6, 6.07) is 0.705. The molecule has 0 spiro atoms. The molecule has 1 saturated heterocycles. The first kappa shape index (κ1) is 13.7. The van der Waals surface area contributed by atoms with Gasteiger partial charge in [0.15, 0.2) is 0 Å². The van der Waals surface area contributed by atoms with Crippen LogP contribution in [0.15, 0.2) is 0 Å². The van der Waals surface area contributed by atoms with Crippen molar-refractivity contribution in [2.75, 3.05) is 39.0 Å². The van der Waals surface area contributed by atoms with E-state index < -0.39 is 0 Å². The van der Waals surface area contributed by atoms with Crippen LogP contribution in [0.1, 0.15) is 24.8 Å². The van der Waals surface area contributed by atoms with Crippen LogP contribution in [0.4, 0.5) is 5.13 Å². The minimum atomic E-state index is 0.705. The van der Waals surface area contributed by atoms with Crippen LogP contribution in [0.25, 0.3) is 0 Å². The third-order valence-electron chi connectivity index (χ3n) is 3.39. The van der Waals surface area contributed by atoms with Gasteiger partial charge in [0.25, 0.3) is 0 Å². The molecule has 1 fully saturated rings. The molecule has 0 radical (unpaired) electrons. The molecule has 0 saturated carbocycles. The van der Waals surface area contributed by atoms with E-state index in [-0.39, 0.29) is 0 Å². The molecular formula is C12H23N5S. The van der Waals surface area contributed by atoms with Crippen molar-refractivity contribution in [1.29, 1.82) is 0 Å². The predicted octanol–water partition coefficient (Wildman–Crippen LogP) is 1.50. The molecule has 6 heteroatoms. The molecule has 1 unspecified atom stereocenters. The molecule has 2 rings (SSSR count). The van der Waals surface area contributed by atoms with E-state index in [2.05, 4.69) is 46.3 Å². The first-order valence-corrected chi connectivity index (χ1v) is 7.45. The fraction of sp³-hybridized carbons (Fsp3) is 0.833. The summed E-state index contributed by atoms with van der Waals surface area (Å²) >= 11 is 1.66. The number of hydrogen-bond acceptors (Lipinski definition) is 6. The molecule has 2 heterocycles. The second-order valence-corrected chi connectivity index (χ2v) is 6.07. The minimum absolute atomic E-state index is 0.705. The van der Waals surface area contributed by atoms with Crippen LogP contribution in [0.3, 0.4) is 0 Å². The Kier molecular flexibility index (Phi) is 4.91. The first-order chi connectivity index (χ1) is 8.69. The van der Waals surface area contributed by atoms with Crippen LogP contribution >= 0.6 is 11.3 Å². The second-order valence-electron chi connectivity index (χ2n) is 5.00. The van der Waals surface area contributed by atoms with Crippen molar-refractivity contribution in [3.05, 3.63) is 5.01 Å². The number of hydrogen-bond donors (Lipinski definition) is 1. The highest BCUT2D eigenvalue weighted by Crippen LogP contribution is 2.19. The van der Waals surface area contributed by atoms with E-state index in [0.717, 1.165) is 29.8 Å². The Morgan fingerprint density at radius 2 is 2.33 bits per heavy atom. The molecule has 1 aromatic rings. The van der Waals surface area contributed by atoms with E-state index >= 15 is 0 Å². The maximum absolute atomic E-state index is 4.22. The number of likely N-dealkylation sites (tertiary alicyclic amines) is 1. The SMILES string of the molecule is CCNc1nnc(CN(C)CC2CCCN2C)s1. The molecule has 0 bridgehead atoms. The first-order valence-electron chi connectivity index (χ1n) is 6.64. The van der Waals surface area contributed by atoms with Gasteiger partial charge in [0, 0.05) is 19.1 Å². The Balaban J connectivity index is 1.80. The van der Waals surface area contributed by atoms with Gasteiger partial charge in [-0.15, -0.1) is 10.2 Å². The highest BCUT2D eigenvalue weighted by molar-refractivity contribution is 7.15. The van der Waals surface area contributed by atoms with Crippen LogP contribution in [0.5, 0.6) is 0 Å². The Hall–Kier alpha value is -0.720. The Morgan fingerprint density at radius 3 is 3.00 bits per heavy atom. The molecule has 0 amide bonds. The third-order valence-corrected chi connectivity index (χ3v) is 4.26. The average molecular weight is 269 g/mol. The fourth-order valence-corrected chi connectivity index (χ4v) is 3.29. The fourth-order valence-electron chi connectivity index (χ4n) is 2.41. The van der Waals surface area contributed by atoms with E-state index in [9.17, 15) is 0 Å². The normalized spacial score (nSPS) is 20.8. The molecule has 102 valence electrons. The van der Waals surface area contributed by atoms with Crippen molar-refractivity contribution in [1.82, 2.24) is 20.0 Å². The van der Waals surface area contributed by atoms with Gasteiger partial charge in [-0.2, -0.15) is 0 Å². The second kappa shape index (κ2) is 6.45. The standard InChI is InChI=1S/C12H23N5S/c1-4-13-12-15-14-11(18-12)9-16(2)8-10-6-5-7-17(10)3/h10H,4-9H2,1-3H3,(H,13,15). The van der Waals surface area contributed by atoms with E-state index in [1.54, 1.807) is 11.3 Å². The van der Waals surface area contributed by atoms with Crippen molar-refractivity contribution in [2.24, 2.45) is 0 Å². The maximum atomic E-state index is 4.22. The number of aromatic nitrogens is 2. The quantitative estimate of drug-likeness (QED) is 0.848. The molecule has 5 nitrogen and oxygen atoms in total. The van der Waals surface area contributed by atoms with Crippen LogP contribution in [-0.2, 0) is 6.54 Å². The highest BCUT2D eigenvalue weighted by atomic mass is 32.1. The summed E-state index contributed by atoms with van der Waals surface area (Å²) in [5.41, 5.74) is 0. The zero-order valence-corrected chi connectivity index (χ0v) is 12.3. The Morgan fingerprint density at radius 1 is 1.50 bits per heavy atom. The summed E-state index contributed by atoms with van der Waals surface area (Å²) < 4.78 is 0. The summed E-state index contributed by atoms with van der Waals surface area (Å²) in [6.45, 7) is 6.22. The zero-order valence-electron chi connectivity index (χ0n) is 11.5. The van der Waals surface area contributed by atoms with Gasteiger partial charge in [-0.3, -0.25) is 4.90 Å². The van der Waals surface area contributed by atoms with E-state index in [1.807, 2.05) is 0 Å². The summed E-state index contributed by atoms with van der Waals surface area (Å²) in [5.74, 6) is 0. The minimum Gasteiger partial charge on any atom is -0.360 e. The van der Waals surface area contributed by atoms with Crippen LogP contribution in [0.2, 0.25) is 0 Å². The van der Waals surface area contributed by atoms with Crippen molar-refractivity contribution in [2.45, 2.75) is 32.4 Å². The average Bonchev–Trinajstić information content (AvgIpc) is 2.90. The van der Waals surface area contributed by atoms with Gasteiger partial charge in [0.2, 0.25) is 5.13 Å². The molecule has 0 aromatic carbocycles. The molecule has 0 aliphatic carbocycles. The van der Waals surface area contributed by atoms with E-state index in [0.29, 0.717) is 6.04 Å². The lowest BCUT2D eigenvalue weighted by Gasteiger charge is -2.24. The third kappa shape index (κ3) is 3.63. The van der Waals surface area contributed by atoms with Gasteiger partial charge in [-0.05, 0) is 40.4 Å². The summed E-state index contributed by atoms with van der Waals surface area (Å²) in [7, 11) is 4.39. The van der Waals surface area contributed by atoms with Crippen LogP contribution in [0, 0.1) is 0 Å². The Labute approximate surface area is 113 Å². The van der Waals surface area contributed by atoms with Crippen molar-refractivity contribution in [3.8, 4) is 0 Å². The molecule has 1 atom stereocenters. The van der Waals surface area contributed by atoms with Gasteiger partial charge in [0.1, 0.15) is 5.01 Å². The predicted molar refractivity (Wildman–Crippen MR) is 76.1 cm³/mol. The highest BCUT2D eigenvalue weighted by Gasteiger charge is 2.22. The lowest BCUT2D eigenvalue weighted by atomic mass is 10.2. The zero-order chi connectivity index (χ0) is 13.0. The largest absolute Gasteiger partial charge is 0.360 e. The lowest BCUT2D eigenvalue weighted by molar-refractivity contribution is 0.215. The van der Waals surface area contributed by atoms with Crippen molar-refractivity contribution < 1.29 is 0 Å². The van der Waals surface area contributed by atoms with Gasteiger partial charge >= 0.3 is 0 Å². The number of rotatable bonds is 6. The van der Waals surface area contributed by atoms with E-state index in [1.165, 1.54) is 19.4 Å². The molecule has 1 N–H and O–H groups in total. The smallest absolute Gasteiger partial charge is 0.205 e. The summed E-state index contributed by atoms with van der Waals surface area (Å²) in [4.78, 5) is 4.81. The summed E-state index contributed by atoms with van der Waals surface area (Å²) in [5, 5.41) is 13.6. The number of likely N-dealkylation sites (N-methyl/N-ethyl adjacent to an activating group) is 2. The Bertz CT molecular complexity index is 367. The maximum Gasteiger partial charge on any atom is 0.205 e. The molecular weight excluding hydrogens is 246 g/mol. The molecule has 18 heavy (non-hydrogen) atoms. The topological polar surface area (TPSA) is 44.3 Å². The summed E-state index contributed by atoms with van der Waals surface area (Å²) in [6.07, 6.45) is 2.65. The van der Waals surface area contributed by atoms with Crippen molar-refractivity contribution >= 4 is 16.5 Å². The van der Waals surface area contributed by atoms with Crippen LogP contribution in [-0.4, -0.2) is 59.8 Å². The lowest BCUT2D eigenvalue weighted by Crippen LogP contribution is -2.36. The van der Waals surface area contributed by atoms with E-state index in [4.69, 9.17) is 0 Å². The number of nitrogens with zero attached hydrogens (tertiary/aromatic N) is 4. The van der Waals surface area contributed by atoms with Gasteiger partial charge in [-0.1, -0.05) is 11.3 Å². The van der Waals surface area contributed by atoms with Crippen LogP contribution < -0.4 is 5.32 Å². The van der Waals surface area contributed by atoms with Gasteiger partial charge in [-0.25, -0.2) is 0 Å². The number of anilines is 1. The monoisotopic (exact) mass is 269 g/mol. The molecule has 1 aromatic heterocycles. The van der Waals surface area contributed by atoms with Crippen molar-refractivity contribution in [3.63, 3.8) is 0 Å². The van der Waals surface area contributed by atoms with Gasteiger partial charge < -0.3 is 10.2 Å². The number of nitrogens with one attached hydrogen (secondary N) is 1. The molecule has 1 aliphatic heterocycles. The molecule has 1 aliphatic rings.